The lowest BCUT2D eigenvalue weighted by atomic mass is 10.0. The molecule has 0 unspecified atom stereocenters. The fourth-order valence-electron chi connectivity index (χ4n) is 2.24. The lowest BCUT2D eigenvalue weighted by Gasteiger charge is -2.09. The van der Waals surface area contributed by atoms with Gasteiger partial charge >= 0.3 is 0 Å². The van der Waals surface area contributed by atoms with Gasteiger partial charge in [-0.05, 0) is 17.7 Å². The van der Waals surface area contributed by atoms with Crippen molar-refractivity contribution < 1.29 is 4.74 Å². The van der Waals surface area contributed by atoms with E-state index in [2.05, 4.69) is 16.0 Å². The summed E-state index contributed by atoms with van der Waals surface area (Å²) < 4.78 is 5.39. The first-order chi connectivity index (χ1) is 9.35. The molecule has 0 fully saturated rings. The number of benzene rings is 1. The van der Waals surface area contributed by atoms with Crippen molar-refractivity contribution in [2.24, 2.45) is 0 Å². The molecule has 0 saturated carbocycles. The Bertz CT molecular complexity index is 783. The van der Waals surface area contributed by atoms with Gasteiger partial charge in [0, 0.05) is 23.3 Å². The second kappa shape index (κ2) is 4.46. The molecular formula is C15H11N3O. The summed E-state index contributed by atoms with van der Waals surface area (Å²) in [6.07, 6.45) is 3.40. The fourth-order valence-corrected chi connectivity index (χ4v) is 2.24. The molecule has 0 aliphatic carbocycles. The van der Waals surface area contributed by atoms with Crippen molar-refractivity contribution in [3.8, 4) is 22.9 Å². The molecular weight excluding hydrogens is 238 g/mol. The maximum absolute atomic E-state index is 9.19. The van der Waals surface area contributed by atoms with Crippen LogP contribution in [0.25, 0.3) is 22.2 Å². The van der Waals surface area contributed by atoms with E-state index < -0.39 is 0 Å². The zero-order valence-electron chi connectivity index (χ0n) is 10.3. The van der Waals surface area contributed by atoms with Gasteiger partial charge in [0.15, 0.2) is 0 Å². The summed E-state index contributed by atoms with van der Waals surface area (Å²) in [7, 11) is 1.64. The van der Waals surface area contributed by atoms with Gasteiger partial charge in [0.1, 0.15) is 17.5 Å². The van der Waals surface area contributed by atoms with Crippen molar-refractivity contribution in [3.63, 3.8) is 0 Å². The van der Waals surface area contributed by atoms with Crippen molar-refractivity contribution in [3.05, 3.63) is 48.3 Å². The SMILES string of the molecule is COc1ccccc1-c1ccnc2[nH]cc(C#N)c12. The lowest BCUT2D eigenvalue weighted by Crippen LogP contribution is -1.89. The van der Waals surface area contributed by atoms with Crippen LogP contribution >= 0.6 is 0 Å². The first kappa shape index (κ1) is 11.3. The number of hydrogen-bond donors (Lipinski definition) is 1. The number of aromatic amines is 1. The summed E-state index contributed by atoms with van der Waals surface area (Å²) >= 11 is 0. The molecule has 4 nitrogen and oxygen atoms in total. The molecule has 2 aromatic heterocycles. The molecule has 0 amide bonds. The summed E-state index contributed by atoms with van der Waals surface area (Å²) in [5.74, 6) is 0.778. The molecule has 1 aromatic carbocycles. The number of nitrogens with one attached hydrogen (secondary N) is 1. The summed E-state index contributed by atoms with van der Waals surface area (Å²) in [6.45, 7) is 0. The zero-order valence-corrected chi connectivity index (χ0v) is 10.3. The van der Waals surface area contributed by atoms with Crippen LogP contribution in [0.4, 0.5) is 0 Å². The van der Waals surface area contributed by atoms with Gasteiger partial charge in [-0.3, -0.25) is 0 Å². The number of para-hydroxylation sites is 1. The van der Waals surface area contributed by atoms with Crippen molar-refractivity contribution in [1.29, 1.82) is 5.26 Å². The number of rotatable bonds is 2. The smallest absolute Gasteiger partial charge is 0.139 e. The van der Waals surface area contributed by atoms with Gasteiger partial charge in [-0.1, -0.05) is 18.2 Å². The largest absolute Gasteiger partial charge is 0.496 e. The number of nitrogens with zero attached hydrogens (tertiary/aromatic N) is 2. The average Bonchev–Trinajstić information content (AvgIpc) is 2.90. The van der Waals surface area contributed by atoms with Crippen LogP contribution in [0, 0.1) is 11.3 Å². The average molecular weight is 249 g/mol. The van der Waals surface area contributed by atoms with Gasteiger partial charge in [0.25, 0.3) is 0 Å². The normalized spacial score (nSPS) is 10.3. The van der Waals surface area contributed by atoms with Crippen molar-refractivity contribution in [2.45, 2.75) is 0 Å². The summed E-state index contributed by atoms with van der Waals surface area (Å²) in [5, 5.41) is 10.0. The molecule has 0 spiro atoms. The second-order valence-corrected chi connectivity index (χ2v) is 4.10. The van der Waals surface area contributed by atoms with Crippen LogP contribution in [0.2, 0.25) is 0 Å². The maximum Gasteiger partial charge on any atom is 0.139 e. The number of hydrogen-bond acceptors (Lipinski definition) is 3. The van der Waals surface area contributed by atoms with Gasteiger partial charge < -0.3 is 9.72 Å². The molecule has 3 rings (SSSR count). The van der Waals surface area contributed by atoms with E-state index in [0.29, 0.717) is 11.2 Å². The van der Waals surface area contributed by atoms with Gasteiger partial charge in [-0.25, -0.2) is 4.98 Å². The predicted octanol–water partition coefficient (Wildman–Crippen LogP) is 3.11. The van der Waals surface area contributed by atoms with Gasteiger partial charge in [-0.2, -0.15) is 5.26 Å². The van der Waals surface area contributed by atoms with Crippen LogP contribution in [0.5, 0.6) is 5.75 Å². The number of aromatic nitrogens is 2. The van der Waals surface area contributed by atoms with Crippen LogP contribution in [-0.4, -0.2) is 17.1 Å². The minimum absolute atomic E-state index is 0.587. The maximum atomic E-state index is 9.19. The van der Waals surface area contributed by atoms with Crippen LogP contribution in [0.3, 0.4) is 0 Å². The monoisotopic (exact) mass is 249 g/mol. The minimum atomic E-state index is 0.587. The first-order valence-electron chi connectivity index (χ1n) is 5.84. The van der Waals surface area contributed by atoms with E-state index in [0.717, 1.165) is 22.3 Å². The molecule has 0 radical (unpaired) electrons. The van der Waals surface area contributed by atoms with Crippen LogP contribution in [0.1, 0.15) is 5.56 Å². The summed E-state index contributed by atoms with van der Waals surface area (Å²) in [5.41, 5.74) is 3.19. The van der Waals surface area contributed by atoms with E-state index in [1.807, 2.05) is 30.3 Å². The molecule has 92 valence electrons. The molecule has 4 heteroatoms. The third-order valence-corrected chi connectivity index (χ3v) is 3.09. The number of fused-ring (bicyclic) bond motifs is 1. The third kappa shape index (κ3) is 1.72. The predicted molar refractivity (Wildman–Crippen MR) is 72.8 cm³/mol. The third-order valence-electron chi connectivity index (χ3n) is 3.09. The molecule has 0 aliphatic heterocycles. The molecule has 3 aromatic rings. The van der Waals surface area contributed by atoms with Crippen LogP contribution in [0.15, 0.2) is 42.7 Å². The molecule has 2 heterocycles. The highest BCUT2D eigenvalue weighted by molar-refractivity contribution is 5.98. The fraction of sp³-hybridized carbons (Fsp3) is 0.0667. The standard InChI is InChI=1S/C15H11N3O/c1-19-13-5-3-2-4-11(13)12-6-7-17-15-14(12)10(8-16)9-18-15/h2-7,9H,1H3,(H,17,18). The number of ether oxygens (including phenoxy) is 1. The number of pyridine rings is 1. The molecule has 0 atom stereocenters. The van der Waals surface area contributed by atoms with Crippen LogP contribution < -0.4 is 4.74 Å². The van der Waals surface area contributed by atoms with Gasteiger partial charge in [0.05, 0.1) is 12.7 Å². The number of methoxy groups -OCH3 is 1. The topological polar surface area (TPSA) is 61.7 Å². The molecule has 1 N–H and O–H groups in total. The quantitative estimate of drug-likeness (QED) is 0.759. The van der Waals surface area contributed by atoms with Crippen molar-refractivity contribution in [2.75, 3.05) is 7.11 Å². The Kier molecular flexibility index (Phi) is 2.66. The molecule has 0 saturated heterocycles. The highest BCUT2D eigenvalue weighted by Gasteiger charge is 2.13. The Morgan fingerprint density at radius 2 is 2.05 bits per heavy atom. The van der Waals surface area contributed by atoms with E-state index in [-0.39, 0.29) is 0 Å². The highest BCUT2D eigenvalue weighted by Crippen LogP contribution is 2.35. The van der Waals surface area contributed by atoms with E-state index in [4.69, 9.17) is 4.74 Å². The molecule has 0 aliphatic rings. The Balaban J connectivity index is 2.37. The molecule has 0 bridgehead atoms. The number of nitriles is 1. The van der Waals surface area contributed by atoms with Gasteiger partial charge in [0.2, 0.25) is 0 Å². The summed E-state index contributed by atoms with van der Waals surface area (Å²) in [4.78, 5) is 7.26. The Hall–Kier alpha value is -2.80. The van der Waals surface area contributed by atoms with Crippen molar-refractivity contribution >= 4 is 11.0 Å². The Morgan fingerprint density at radius 3 is 2.84 bits per heavy atom. The van der Waals surface area contributed by atoms with E-state index in [1.54, 1.807) is 19.5 Å². The number of H-pyrrole nitrogens is 1. The first-order valence-corrected chi connectivity index (χ1v) is 5.84. The lowest BCUT2D eigenvalue weighted by molar-refractivity contribution is 0.416. The summed E-state index contributed by atoms with van der Waals surface area (Å²) in [6, 6.07) is 11.8. The Morgan fingerprint density at radius 1 is 1.21 bits per heavy atom. The Labute approximate surface area is 110 Å². The van der Waals surface area contributed by atoms with Crippen molar-refractivity contribution in [1.82, 2.24) is 9.97 Å². The van der Waals surface area contributed by atoms with E-state index >= 15 is 0 Å². The second-order valence-electron chi connectivity index (χ2n) is 4.10. The van der Waals surface area contributed by atoms with Gasteiger partial charge in [-0.15, -0.1) is 0 Å². The minimum Gasteiger partial charge on any atom is -0.496 e. The van der Waals surface area contributed by atoms with E-state index in [9.17, 15) is 5.26 Å². The molecule has 19 heavy (non-hydrogen) atoms. The van der Waals surface area contributed by atoms with E-state index in [1.165, 1.54) is 0 Å². The van der Waals surface area contributed by atoms with Crippen LogP contribution in [-0.2, 0) is 0 Å². The zero-order chi connectivity index (χ0) is 13.2. The highest BCUT2D eigenvalue weighted by atomic mass is 16.5.